The molecule has 0 amide bonds. The SMILES string of the molecule is C[C@H](Nc1nc2c(C3CC3)c[nH]c(=O)c2c2cc(Br)ccc12)C(C)(C)C. The minimum atomic E-state index is -0.0737. The van der Waals surface area contributed by atoms with Gasteiger partial charge >= 0.3 is 0 Å². The highest BCUT2D eigenvalue weighted by molar-refractivity contribution is 9.10. The maximum absolute atomic E-state index is 12.7. The lowest BCUT2D eigenvalue weighted by atomic mass is 9.88. The van der Waals surface area contributed by atoms with Gasteiger partial charge < -0.3 is 10.3 Å². The fraction of sp³-hybridized carbons (Fsp3) is 0.429. The zero-order valence-corrected chi connectivity index (χ0v) is 17.2. The number of hydrogen-bond donors (Lipinski definition) is 2. The number of rotatable bonds is 3. The number of aromatic amines is 1. The van der Waals surface area contributed by atoms with Gasteiger partial charge in [0.2, 0.25) is 0 Å². The third-order valence-electron chi connectivity index (χ3n) is 5.50. The maximum Gasteiger partial charge on any atom is 0.258 e. The molecule has 1 atom stereocenters. The van der Waals surface area contributed by atoms with Gasteiger partial charge in [-0.3, -0.25) is 4.79 Å². The highest BCUT2D eigenvalue weighted by atomic mass is 79.9. The van der Waals surface area contributed by atoms with Crippen LogP contribution in [0.1, 0.15) is 52.0 Å². The van der Waals surface area contributed by atoms with E-state index in [9.17, 15) is 4.79 Å². The Bertz CT molecular complexity index is 1060. The van der Waals surface area contributed by atoms with Gasteiger partial charge in [-0.05, 0) is 54.9 Å². The molecular formula is C21H24BrN3O. The number of anilines is 1. The van der Waals surface area contributed by atoms with E-state index in [4.69, 9.17) is 4.98 Å². The molecule has 136 valence electrons. The Kier molecular flexibility index (Phi) is 4.10. The maximum atomic E-state index is 12.7. The standard InChI is InChI=1S/C21H24BrN3O/c1-11(21(2,3)4)24-19-14-8-7-13(22)9-15(14)17-18(25-19)16(12-5-6-12)10-23-20(17)26/h7-12H,5-6H2,1-4H3,(H,23,26)(H,24,25)/t11-/m0/s1. The number of aromatic nitrogens is 2. The van der Waals surface area contributed by atoms with E-state index >= 15 is 0 Å². The van der Waals surface area contributed by atoms with Crippen LogP contribution in [-0.2, 0) is 0 Å². The molecular weight excluding hydrogens is 390 g/mol. The van der Waals surface area contributed by atoms with Gasteiger partial charge in [0.15, 0.2) is 0 Å². The second-order valence-electron chi connectivity index (χ2n) is 8.45. The molecule has 26 heavy (non-hydrogen) atoms. The lowest BCUT2D eigenvalue weighted by Crippen LogP contribution is -2.31. The predicted molar refractivity (Wildman–Crippen MR) is 112 cm³/mol. The number of H-pyrrole nitrogens is 1. The Morgan fingerprint density at radius 1 is 1.27 bits per heavy atom. The van der Waals surface area contributed by atoms with Gasteiger partial charge in [-0.15, -0.1) is 0 Å². The number of halogens is 1. The van der Waals surface area contributed by atoms with Gasteiger partial charge in [-0.25, -0.2) is 4.98 Å². The van der Waals surface area contributed by atoms with Crippen molar-refractivity contribution >= 4 is 43.4 Å². The molecule has 1 aromatic carbocycles. The molecule has 3 aromatic rings. The zero-order valence-electron chi connectivity index (χ0n) is 15.6. The number of pyridine rings is 2. The highest BCUT2D eigenvalue weighted by Gasteiger charge is 2.28. The van der Waals surface area contributed by atoms with Crippen LogP contribution < -0.4 is 10.9 Å². The van der Waals surface area contributed by atoms with E-state index in [0.29, 0.717) is 11.3 Å². The van der Waals surface area contributed by atoms with Crippen LogP contribution in [0.25, 0.3) is 21.7 Å². The molecule has 2 N–H and O–H groups in total. The normalized spacial score (nSPS) is 16.2. The summed E-state index contributed by atoms with van der Waals surface area (Å²) < 4.78 is 0.962. The van der Waals surface area contributed by atoms with Crippen molar-refractivity contribution in [3.63, 3.8) is 0 Å². The van der Waals surface area contributed by atoms with Crippen molar-refractivity contribution in [3.05, 3.63) is 44.8 Å². The number of nitrogens with zero attached hydrogens (tertiary/aromatic N) is 1. The average molecular weight is 414 g/mol. The molecule has 4 rings (SSSR count). The van der Waals surface area contributed by atoms with E-state index in [0.717, 1.165) is 32.1 Å². The van der Waals surface area contributed by atoms with Crippen molar-refractivity contribution in [2.45, 2.75) is 52.5 Å². The van der Waals surface area contributed by atoms with Crippen LogP contribution in [0.4, 0.5) is 5.82 Å². The summed E-state index contributed by atoms with van der Waals surface area (Å²) in [6, 6.07) is 6.30. The fourth-order valence-corrected chi connectivity index (χ4v) is 3.61. The number of hydrogen-bond acceptors (Lipinski definition) is 3. The first-order chi connectivity index (χ1) is 12.3. The van der Waals surface area contributed by atoms with Crippen LogP contribution in [0.2, 0.25) is 0 Å². The lowest BCUT2D eigenvalue weighted by Gasteiger charge is -2.29. The van der Waals surface area contributed by atoms with Crippen LogP contribution in [0, 0.1) is 5.41 Å². The smallest absolute Gasteiger partial charge is 0.258 e. The van der Waals surface area contributed by atoms with Crippen LogP contribution in [-0.4, -0.2) is 16.0 Å². The third kappa shape index (κ3) is 3.02. The molecule has 1 saturated carbocycles. The Hall–Kier alpha value is -1.88. The summed E-state index contributed by atoms with van der Waals surface area (Å²) in [5, 5.41) is 6.22. The van der Waals surface area contributed by atoms with Crippen molar-refractivity contribution in [1.29, 1.82) is 0 Å². The van der Waals surface area contributed by atoms with Crippen LogP contribution in [0.15, 0.2) is 33.7 Å². The van der Waals surface area contributed by atoms with E-state index in [2.05, 4.69) is 53.9 Å². The summed E-state index contributed by atoms with van der Waals surface area (Å²) in [6.45, 7) is 8.82. The summed E-state index contributed by atoms with van der Waals surface area (Å²) in [5.41, 5.74) is 2.03. The number of nitrogens with one attached hydrogen (secondary N) is 2. The van der Waals surface area contributed by atoms with E-state index in [-0.39, 0.29) is 17.0 Å². The highest BCUT2D eigenvalue weighted by Crippen LogP contribution is 2.43. The summed E-state index contributed by atoms with van der Waals surface area (Å²) in [7, 11) is 0. The largest absolute Gasteiger partial charge is 0.367 e. The van der Waals surface area contributed by atoms with Crippen molar-refractivity contribution in [3.8, 4) is 0 Å². The monoisotopic (exact) mass is 413 g/mol. The molecule has 1 aliphatic carbocycles. The molecule has 1 aliphatic rings. The first-order valence-electron chi connectivity index (χ1n) is 9.17. The molecule has 0 spiro atoms. The zero-order chi connectivity index (χ0) is 18.6. The predicted octanol–water partition coefficient (Wildman–Crippen LogP) is 5.56. The fourth-order valence-electron chi connectivity index (χ4n) is 3.25. The minimum absolute atomic E-state index is 0.0737. The second-order valence-corrected chi connectivity index (χ2v) is 9.37. The number of fused-ring (bicyclic) bond motifs is 3. The van der Waals surface area contributed by atoms with Crippen LogP contribution in [0.5, 0.6) is 0 Å². The molecule has 0 unspecified atom stereocenters. The topological polar surface area (TPSA) is 57.8 Å². The van der Waals surface area contributed by atoms with E-state index < -0.39 is 0 Å². The summed E-state index contributed by atoms with van der Waals surface area (Å²) in [6.07, 6.45) is 4.19. The van der Waals surface area contributed by atoms with Crippen molar-refractivity contribution in [2.24, 2.45) is 5.41 Å². The summed E-state index contributed by atoms with van der Waals surface area (Å²) >= 11 is 3.56. The van der Waals surface area contributed by atoms with Gasteiger partial charge in [0, 0.05) is 27.5 Å². The molecule has 0 radical (unpaired) electrons. The molecule has 0 bridgehead atoms. The van der Waals surface area contributed by atoms with Crippen LogP contribution in [0.3, 0.4) is 0 Å². The molecule has 5 heteroatoms. The molecule has 2 aromatic heterocycles. The summed E-state index contributed by atoms with van der Waals surface area (Å²) in [4.78, 5) is 20.6. The van der Waals surface area contributed by atoms with E-state index in [1.807, 2.05) is 24.4 Å². The average Bonchev–Trinajstić information content (AvgIpc) is 3.38. The van der Waals surface area contributed by atoms with Gasteiger partial charge in [0.1, 0.15) is 5.82 Å². The van der Waals surface area contributed by atoms with E-state index in [1.165, 1.54) is 12.8 Å². The minimum Gasteiger partial charge on any atom is -0.367 e. The summed E-state index contributed by atoms with van der Waals surface area (Å²) in [5.74, 6) is 1.37. The molecule has 0 aliphatic heterocycles. The molecule has 4 nitrogen and oxygen atoms in total. The molecule has 1 fully saturated rings. The first-order valence-corrected chi connectivity index (χ1v) is 9.96. The molecule has 2 heterocycles. The Balaban J connectivity index is 2.04. The quantitative estimate of drug-likeness (QED) is 0.552. The van der Waals surface area contributed by atoms with Crippen molar-refractivity contribution < 1.29 is 0 Å². The van der Waals surface area contributed by atoms with E-state index in [1.54, 1.807) is 0 Å². The third-order valence-corrected chi connectivity index (χ3v) is 5.99. The Morgan fingerprint density at radius 3 is 2.65 bits per heavy atom. The van der Waals surface area contributed by atoms with Gasteiger partial charge in [0.25, 0.3) is 5.56 Å². The second kappa shape index (κ2) is 6.08. The van der Waals surface area contributed by atoms with Gasteiger partial charge in [-0.2, -0.15) is 0 Å². The Morgan fingerprint density at radius 2 is 2.00 bits per heavy atom. The van der Waals surface area contributed by atoms with Gasteiger partial charge in [-0.1, -0.05) is 36.7 Å². The first kappa shape index (κ1) is 17.5. The van der Waals surface area contributed by atoms with Crippen LogP contribution >= 0.6 is 15.9 Å². The Labute approximate surface area is 161 Å². The van der Waals surface area contributed by atoms with Crippen molar-refractivity contribution in [1.82, 2.24) is 9.97 Å². The van der Waals surface area contributed by atoms with Crippen molar-refractivity contribution in [2.75, 3.05) is 5.32 Å². The number of benzene rings is 1. The lowest BCUT2D eigenvalue weighted by molar-refractivity contribution is 0.359. The molecule has 0 saturated heterocycles. The van der Waals surface area contributed by atoms with Gasteiger partial charge in [0.05, 0.1) is 10.9 Å².